The van der Waals surface area contributed by atoms with Crippen LogP contribution in [0, 0.1) is 10.1 Å². The minimum absolute atomic E-state index is 0.0130. The van der Waals surface area contributed by atoms with Crippen molar-refractivity contribution in [2.75, 3.05) is 6.61 Å². The van der Waals surface area contributed by atoms with Crippen molar-refractivity contribution in [3.05, 3.63) is 98.6 Å². The molecule has 1 amide bonds. The number of hydrazone groups is 1. The Morgan fingerprint density at radius 3 is 2.42 bits per heavy atom. The van der Waals surface area contributed by atoms with Crippen LogP contribution in [0.1, 0.15) is 23.6 Å². The number of nitrogens with one attached hydrogen (secondary N) is 1. The van der Waals surface area contributed by atoms with Gasteiger partial charge in [0.1, 0.15) is 18.1 Å². The van der Waals surface area contributed by atoms with E-state index < -0.39 is 4.92 Å². The molecule has 0 saturated carbocycles. The Balaban J connectivity index is 1.58. The van der Waals surface area contributed by atoms with Gasteiger partial charge in [0.2, 0.25) is 5.91 Å². The highest BCUT2D eigenvalue weighted by Crippen LogP contribution is 2.23. The van der Waals surface area contributed by atoms with Crippen molar-refractivity contribution in [3.63, 3.8) is 0 Å². The Hall–Kier alpha value is -3.91. The number of hydrogen-bond acceptors (Lipinski definition) is 6. The maximum absolute atomic E-state index is 12.2. The first-order valence-corrected chi connectivity index (χ1v) is 10.5. The SMILES string of the molecule is CCOc1ccc(CC(=O)N/N=C\c2cc(Cl)ccc2OCc2ccc([N+](=O)[O-])cc2)cc1. The fraction of sp³-hybridized carbons (Fsp3) is 0.167. The summed E-state index contributed by atoms with van der Waals surface area (Å²) in [6, 6.07) is 18.4. The molecule has 1 N–H and O–H groups in total. The minimum Gasteiger partial charge on any atom is -0.494 e. The Labute approximate surface area is 195 Å². The first-order chi connectivity index (χ1) is 15.9. The average Bonchev–Trinajstić information content (AvgIpc) is 2.80. The van der Waals surface area contributed by atoms with Crippen LogP contribution >= 0.6 is 11.6 Å². The third kappa shape index (κ3) is 7.33. The third-order valence-electron chi connectivity index (χ3n) is 4.51. The highest BCUT2D eigenvalue weighted by molar-refractivity contribution is 6.30. The fourth-order valence-electron chi connectivity index (χ4n) is 2.90. The van der Waals surface area contributed by atoms with Crippen LogP contribution in [-0.4, -0.2) is 23.7 Å². The van der Waals surface area contributed by atoms with Gasteiger partial charge in [0, 0.05) is 22.7 Å². The van der Waals surface area contributed by atoms with Crippen molar-refractivity contribution in [2.24, 2.45) is 5.10 Å². The number of benzene rings is 3. The predicted octanol–water partition coefficient (Wildman–Crippen LogP) is 4.92. The molecular formula is C24H22ClN3O5. The van der Waals surface area contributed by atoms with Gasteiger partial charge >= 0.3 is 0 Å². The number of nitro benzene ring substituents is 1. The lowest BCUT2D eigenvalue weighted by molar-refractivity contribution is -0.384. The number of hydrogen-bond donors (Lipinski definition) is 1. The van der Waals surface area contributed by atoms with Crippen LogP contribution in [0.25, 0.3) is 0 Å². The molecule has 0 bridgehead atoms. The molecule has 0 unspecified atom stereocenters. The maximum Gasteiger partial charge on any atom is 0.269 e. The molecule has 8 nitrogen and oxygen atoms in total. The Morgan fingerprint density at radius 2 is 1.76 bits per heavy atom. The Kier molecular flexibility index (Phi) is 8.37. The largest absolute Gasteiger partial charge is 0.494 e. The normalized spacial score (nSPS) is 10.7. The zero-order valence-electron chi connectivity index (χ0n) is 17.9. The summed E-state index contributed by atoms with van der Waals surface area (Å²) in [5, 5.41) is 15.3. The highest BCUT2D eigenvalue weighted by atomic mass is 35.5. The zero-order valence-corrected chi connectivity index (χ0v) is 18.6. The molecule has 33 heavy (non-hydrogen) atoms. The van der Waals surface area contributed by atoms with E-state index in [1.807, 2.05) is 31.2 Å². The van der Waals surface area contributed by atoms with Gasteiger partial charge in [-0.2, -0.15) is 5.10 Å². The van der Waals surface area contributed by atoms with E-state index >= 15 is 0 Å². The quantitative estimate of drug-likeness (QED) is 0.259. The predicted molar refractivity (Wildman–Crippen MR) is 126 cm³/mol. The number of ether oxygens (including phenoxy) is 2. The summed E-state index contributed by atoms with van der Waals surface area (Å²) < 4.78 is 11.2. The Morgan fingerprint density at radius 1 is 1.06 bits per heavy atom. The smallest absolute Gasteiger partial charge is 0.269 e. The summed E-state index contributed by atoms with van der Waals surface area (Å²) in [5.74, 6) is 0.981. The molecule has 0 atom stereocenters. The summed E-state index contributed by atoms with van der Waals surface area (Å²) >= 11 is 6.09. The average molecular weight is 468 g/mol. The van der Waals surface area contributed by atoms with E-state index in [-0.39, 0.29) is 24.6 Å². The maximum atomic E-state index is 12.2. The van der Waals surface area contributed by atoms with Crippen LogP contribution in [0.2, 0.25) is 5.02 Å². The third-order valence-corrected chi connectivity index (χ3v) is 4.74. The topological polar surface area (TPSA) is 103 Å². The Bertz CT molecular complexity index is 1130. The summed E-state index contributed by atoms with van der Waals surface area (Å²) in [6.07, 6.45) is 1.62. The van der Waals surface area contributed by atoms with Crippen LogP contribution in [0.15, 0.2) is 71.8 Å². The van der Waals surface area contributed by atoms with E-state index in [1.165, 1.54) is 18.3 Å². The molecule has 0 fully saturated rings. The standard InChI is InChI=1S/C24H22ClN3O5/c1-2-32-22-10-5-17(6-11-22)13-24(29)27-26-15-19-14-20(25)7-12-23(19)33-16-18-3-8-21(9-4-18)28(30)31/h3-12,14-15H,2,13,16H2,1H3,(H,27,29)/b26-15-. The first-order valence-electron chi connectivity index (χ1n) is 10.1. The van der Waals surface area contributed by atoms with Crippen molar-refractivity contribution in [3.8, 4) is 11.5 Å². The number of non-ortho nitro benzene ring substituents is 1. The molecule has 0 aliphatic heterocycles. The van der Waals surface area contributed by atoms with Gasteiger partial charge in [-0.25, -0.2) is 5.43 Å². The van der Waals surface area contributed by atoms with Gasteiger partial charge < -0.3 is 9.47 Å². The molecule has 3 rings (SSSR count). The van der Waals surface area contributed by atoms with Gasteiger partial charge in [-0.15, -0.1) is 0 Å². The molecule has 0 aliphatic carbocycles. The second-order valence-electron chi connectivity index (χ2n) is 6.94. The molecular weight excluding hydrogens is 446 g/mol. The van der Waals surface area contributed by atoms with Gasteiger partial charge in [-0.05, 0) is 60.5 Å². The van der Waals surface area contributed by atoms with E-state index in [0.29, 0.717) is 22.9 Å². The number of carbonyl (C=O) groups excluding carboxylic acids is 1. The highest BCUT2D eigenvalue weighted by Gasteiger charge is 2.07. The molecule has 0 spiro atoms. The van der Waals surface area contributed by atoms with E-state index in [2.05, 4.69) is 10.5 Å². The summed E-state index contributed by atoms with van der Waals surface area (Å²) in [7, 11) is 0. The molecule has 3 aromatic rings. The van der Waals surface area contributed by atoms with E-state index in [4.69, 9.17) is 21.1 Å². The number of nitro groups is 1. The second-order valence-corrected chi connectivity index (χ2v) is 7.38. The van der Waals surface area contributed by atoms with Crippen LogP contribution in [-0.2, 0) is 17.8 Å². The summed E-state index contributed by atoms with van der Waals surface area (Å²) in [5.41, 5.74) is 4.68. The molecule has 0 aliphatic rings. The lowest BCUT2D eigenvalue weighted by atomic mass is 10.1. The number of rotatable bonds is 10. The first kappa shape index (κ1) is 23.7. The molecule has 0 radical (unpaired) electrons. The molecule has 0 saturated heterocycles. The number of halogens is 1. The summed E-state index contributed by atoms with van der Waals surface area (Å²) in [6.45, 7) is 2.69. The van der Waals surface area contributed by atoms with Gasteiger partial charge in [0.15, 0.2) is 0 Å². The van der Waals surface area contributed by atoms with Crippen LogP contribution < -0.4 is 14.9 Å². The van der Waals surface area contributed by atoms with Crippen molar-refractivity contribution in [1.82, 2.24) is 5.43 Å². The number of amides is 1. The minimum atomic E-state index is -0.456. The molecule has 0 aromatic heterocycles. The van der Waals surface area contributed by atoms with Gasteiger partial charge in [0.25, 0.3) is 5.69 Å². The molecule has 9 heteroatoms. The molecule has 0 heterocycles. The fourth-order valence-corrected chi connectivity index (χ4v) is 3.08. The summed E-state index contributed by atoms with van der Waals surface area (Å²) in [4.78, 5) is 22.5. The van der Waals surface area contributed by atoms with Crippen LogP contribution in [0.5, 0.6) is 11.5 Å². The van der Waals surface area contributed by atoms with Crippen molar-refractivity contribution >= 4 is 29.4 Å². The molecule has 170 valence electrons. The molecule has 3 aromatic carbocycles. The van der Waals surface area contributed by atoms with Crippen molar-refractivity contribution in [2.45, 2.75) is 20.0 Å². The van der Waals surface area contributed by atoms with Gasteiger partial charge in [-0.3, -0.25) is 14.9 Å². The number of nitrogens with zero attached hydrogens (tertiary/aromatic N) is 2. The lowest BCUT2D eigenvalue weighted by Gasteiger charge is -2.10. The van der Waals surface area contributed by atoms with E-state index in [9.17, 15) is 14.9 Å². The van der Waals surface area contributed by atoms with Crippen molar-refractivity contribution < 1.29 is 19.2 Å². The second kappa shape index (κ2) is 11.6. The van der Waals surface area contributed by atoms with Crippen molar-refractivity contribution in [1.29, 1.82) is 0 Å². The van der Waals surface area contributed by atoms with Gasteiger partial charge in [0.05, 0.1) is 24.2 Å². The van der Waals surface area contributed by atoms with E-state index in [0.717, 1.165) is 16.9 Å². The van der Waals surface area contributed by atoms with Crippen LogP contribution in [0.4, 0.5) is 5.69 Å². The number of carbonyl (C=O) groups is 1. The van der Waals surface area contributed by atoms with Gasteiger partial charge in [-0.1, -0.05) is 23.7 Å². The monoisotopic (exact) mass is 467 g/mol. The van der Waals surface area contributed by atoms with E-state index in [1.54, 1.807) is 30.3 Å². The van der Waals surface area contributed by atoms with Crippen LogP contribution in [0.3, 0.4) is 0 Å². The zero-order chi connectivity index (χ0) is 23.6. The lowest BCUT2D eigenvalue weighted by Crippen LogP contribution is -2.19.